The van der Waals surface area contributed by atoms with E-state index in [4.69, 9.17) is 16.3 Å². The minimum atomic E-state index is -0.614. The summed E-state index contributed by atoms with van der Waals surface area (Å²) in [6.45, 7) is 1.62. The minimum absolute atomic E-state index is 0.00741. The van der Waals surface area contributed by atoms with Gasteiger partial charge in [-0.2, -0.15) is 5.10 Å². The van der Waals surface area contributed by atoms with Crippen molar-refractivity contribution in [2.75, 3.05) is 7.11 Å². The Labute approximate surface area is 138 Å². The second-order valence-corrected chi connectivity index (χ2v) is 5.12. The monoisotopic (exact) mass is 334 g/mol. The zero-order valence-electron chi connectivity index (χ0n) is 12.5. The lowest BCUT2D eigenvalue weighted by atomic mass is 10.1. The lowest BCUT2D eigenvalue weighted by Crippen LogP contribution is -2.19. The Morgan fingerprint density at radius 1 is 1.13 bits per heavy atom. The number of carbonyl (C=O) groups is 1. The molecule has 3 N–H and O–H groups in total. The van der Waals surface area contributed by atoms with E-state index < -0.39 is 5.91 Å². The normalized spacial score (nSPS) is 11.2. The Hall–Kier alpha value is -2.73. The molecule has 7 heteroatoms. The number of phenols is 2. The number of amides is 1. The highest BCUT2D eigenvalue weighted by atomic mass is 35.5. The van der Waals surface area contributed by atoms with Crippen LogP contribution >= 0.6 is 11.6 Å². The predicted molar refractivity (Wildman–Crippen MR) is 87.5 cm³/mol. The number of methoxy groups -OCH3 is 1. The summed E-state index contributed by atoms with van der Waals surface area (Å²) in [6, 6.07) is 8.86. The van der Waals surface area contributed by atoms with Crippen LogP contribution in [-0.2, 0) is 0 Å². The van der Waals surface area contributed by atoms with Gasteiger partial charge in [0.05, 0.1) is 18.4 Å². The average molecular weight is 335 g/mol. The van der Waals surface area contributed by atoms with Crippen molar-refractivity contribution in [1.82, 2.24) is 5.43 Å². The van der Waals surface area contributed by atoms with Gasteiger partial charge in [0.1, 0.15) is 17.2 Å². The van der Waals surface area contributed by atoms with Gasteiger partial charge in [-0.1, -0.05) is 11.6 Å². The fraction of sp³-hybridized carbons (Fsp3) is 0.125. The van der Waals surface area contributed by atoms with Crippen LogP contribution in [0.1, 0.15) is 22.8 Å². The molecule has 0 saturated carbocycles. The lowest BCUT2D eigenvalue weighted by Gasteiger charge is -2.07. The smallest absolute Gasteiger partial charge is 0.275 e. The zero-order chi connectivity index (χ0) is 17.0. The molecule has 23 heavy (non-hydrogen) atoms. The number of hydrazone groups is 1. The average Bonchev–Trinajstić information content (AvgIpc) is 2.54. The van der Waals surface area contributed by atoms with Crippen LogP contribution in [0.3, 0.4) is 0 Å². The SMILES string of the molecule is COc1ccc(/C(C)=N/NC(=O)c2cc(Cl)ccc2O)c(O)c1. The summed E-state index contributed by atoms with van der Waals surface area (Å²) >= 11 is 5.80. The topological polar surface area (TPSA) is 91.2 Å². The van der Waals surface area contributed by atoms with E-state index in [0.717, 1.165) is 0 Å². The molecule has 0 aliphatic rings. The molecule has 2 rings (SSSR count). The summed E-state index contributed by atoms with van der Waals surface area (Å²) in [4.78, 5) is 12.0. The number of nitrogens with zero attached hydrogens (tertiary/aromatic N) is 1. The van der Waals surface area contributed by atoms with Crippen LogP contribution in [0.25, 0.3) is 0 Å². The van der Waals surface area contributed by atoms with Crippen LogP contribution in [0.15, 0.2) is 41.5 Å². The van der Waals surface area contributed by atoms with Crippen molar-refractivity contribution >= 4 is 23.2 Å². The number of hydrogen-bond donors (Lipinski definition) is 3. The minimum Gasteiger partial charge on any atom is -0.507 e. The van der Waals surface area contributed by atoms with Gasteiger partial charge in [0.15, 0.2) is 0 Å². The number of nitrogens with one attached hydrogen (secondary N) is 1. The maximum Gasteiger partial charge on any atom is 0.275 e. The summed E-state index contributed by atoms with van der Waals surface area (Å²) in [6.07, 6.45) is 0. The van der Waals surface area contributed by atoms with Gasteiger partial charge in [-0.3, -0.25) is 4.79 Å². The molecule has 0 unspecified atom stereocenters. The van der Waals surface area contributed by atoms with E-state index in [1.54, 1.807) is 19.1 Å². The largest absolute Gasteiger partial charge is 0.507 e. The number of hydrogen-bond acceptors (Lipinski definition) is 5. The van der Waals surface area contributed by atoms with Gasteiger partial charge in [0.25, 0.3) is 5.91 Å². The molecule has 0 aromatic heterocycles. The Morgan fingerprint density at radius 3 is 2.52 bits per heavy atom. The maximum absolute atomic E-state index is 12.0. The van der Waals surface area contributed by atoms with E-state index >= 15 is 0 Å². The summed E-state index contributed by atoms with van der Waals surface area (Å²) in [5.41, 5.74) is 3.15. The van der Waals surface area contributed by atoms with Gasteiger partial charge in [-0.05, 0) is 37.3 Å². The second-order valence-electron chi connectivity index (χ2n) is 4.68. The van der Waals surface area contributed by atoms with E-state index in [1.165, 1.54) is 31.4 Å². The van der Waals surface area contributed by atoms with Crippen LogP contribution < -0.4 is 10.2 Å². The molecule has 0 atom stereocenters. The molecule has 2 aromatic carbocycles. The van der Waals surface area contributed by atoms with E-state index in [1.807, 2.05) is 0 Å². The highest BCUT2D eigenvalue weighted by Gasteiger charge is 2.12. The number of phenolic OH excluding ortho intramolecular Hbond substituents is 2. The molecular formula is C16H15ClN2O4. The van der Waals surface area contributed by atoms with Gasteiger partial charge >= 0.3 is 0 Å². The van der Waals surface area contributed by atoms with E-state index in [2.05, 4.69) is 10.5 Å². The fourth-order valence-corrected chi connectivity index (χ4v) is 2.06. The first-order chi connectivity index (χ1) is 10.9. The van der Waals surface area contributed by atoms with Crippen molar-refractivity contribution in [3.63, 3.8) is 0 Å². The molecule has 0 bridgehead atoms. The molecule has 2 aromatic rings. The van der Waals surface area contributed by atoms with Crippen LogP contribution in [0.5, 0.6) is 17.2 Å². The molecule has 1 amide bonds. The fourth-order valence-electron chi connectivity index (χ4n) is 1.89. The highest BCUT2D eigenvalue weighted by molar-refractivity contribution is 6.31. The molecule has 0 fully saturated rings. The van der Waals surface area contributed by atoms with Crippen LogP contribution in [0.4, 0.5) is 0 Å². The van der Waals surface area contributed by atoms with Crippen LogP contribution in [0.2, 0.25) is 5.02 Å². The first-order valence-corrected chi connectivity index (χ1v) is 7.00. The lowest BCUT2D eigenvalue weighted by molar-refractivity contribution is 0.0952. The third-order valence-electron chi connectivity index (χ3n) is 3.12. The summed E-state index contributed by atoms with van der Waals surface area (Å²) < 4.78 is 5.00. The maximum atomic E-state index is 12.0. The Balaban J connectivity index is 2.19. The Morgan fingerprint density at radius 2 is 1.87 bits per heavy atom. The van der Waals surface area contributed by atoms with Gasteiger partial charge in [0, 0.05) is 16.7 Å². The van der Waals surface area contributed by atoms with E-state index in [0.29, 0.717) is 22.0 Å². The van der Waals surface area contributed by atoms with Gasteiger partial charge in [-0.15, -0.1) is 0 Å². The zero-order valence-corrected chi connectivity index (χ0v) is 13.3. The molecule has 0 aliphatic heterocycles. The second kappa shape index (κ2) is 7.02. The summed E-state index contributed by atoms with van der Waals surface area (Å²) in [5, 5.41) is 23.8. The molecule has 6 nitrogen and oxygen atoms in total. The summed E-state index contributed by atoms with van der Waals surface area (Å²) in [7, 11) is 1.49. The van der Waals surface area contributed by atoms with Gasteiger partial charge in [-0.25, -0.2) is 5.43 Å². The van der Waals surface area contributed by atoms with Crippen molar-refractivity contribution in [2.24, 2.45) is 5.10 Å². The van der Waals surface area contributed by atoms with Crippen molar-refractivity contribution in [1.29, 1.82) is 0 Å². The first kappa shape index (κ1) is 16.6. The van der Waals surface area contributed by atoms with E-state index in [-0.39, 0.29) is 17.1 Å². The number of rotatable bonds is 4. The molecule has 0 spiro atoms. The molecule has 120 valence electrons. The third-order valence-corrected chi connectivity index (χ3v) is 3.36. The Bertz CT molecular complexity index is 775. The van der Waals surface area contributed by atoms with Gasteiger partial charge < -0.3 is 14.9 Å². The van der Waals surface area contributed by atoms with Crippen molar-refractivity contribution in [2.45, 2.75) is 6.92 Å². The summed E-state index contributed by atoms with van der Waals surface area (Å²) in [5.74, 6) is -0.332. The van der Waals surface area contributed by atoms with E-state index in [9.17, 15) is 15.0 Å². The molecule has 0 radical (unpaired) electrons. The number of aromatic hydroxyl groups is 2. The molecule has 0 aliphatic carbocycles. The van der Waals surface area contributed by atoms with Crippen molar-refractivity contribution in [3.8, 4) is 17.2 Å². The Kier molecular flexibility index (Phi) is 5.08. The molecule has 0 saturated heterocycles. The predicted octanol–water partition coefficient (Wildman–Crippen LogP) is 2.91. The quantitative estimate of drug-likeness (QED) is 0.592. The number of benzene rings is 2. The van der Waals surface area contributed by atoms with Crippen molar-refractivity contribution in [3.05, 3.63) is 52.5 Å². The van der Waals surface area contributed by atoms with Gasteiger partial charge in [0.2, 0.25) is 0 Å². The highest BCUT2D eigenvalue weighted by Crippen LogP contribution is 2.24. The molecular weight excluding hydrogens is 320 g/mol. The number of halogens is 1. The standard InChI is InChI=1S/C16H15ClN2O4/c1-9(12-5-4-11(23-2)8-15(12)21)18-19-16(22)13-7-10(17)3-6-14(13)20/h3-8,20-21H,1-2H3,(H,19,22)/b18-9+. The van der Waals surface area contributed by atoms with Crippen molar-refractivity contribution < 1.29 is 19.7 Å². The number of ether oxygens (including phenoxy) is 1. The third kappa shape index (κ3) is 3.92. The molecule has 0 heterocycles. The number of carbonyl (C=O) groups excluding carboxylic acids is 1. The van der Waals surface area contributed by atoms with Crippen LogP contribution in [-0.4, -0.2) is 28.9 Å². The van der Waals surface area contributed by atoms with Crippen LogP contribution in [0, 0.1) is 0 Å². The first-order valence-electron chi connectivity index (χ1n) is 6.63.